The van der Waals surface area contributed by atoms with Gasteiger partial charge >= 0.3 is 17.6 Å². The molecule has 1 aliphatic carbocycles. The number of aliphatic hydroxyl groups is 2. The summed E-state index contributed by atoms with van der Waals surface area (Å²) in [5.41, 5.74) is 5.85. The van der Waals surface area contributed by atoms with Gasteiger partial charge in [0.05, 0.1) is 25.4 Å². The summed E-state index contributed by atoms with van der Waals surface area (Å²) in [5.74, 6) is -0.943. The Morgan fingerprint density at radius 2 is 1.52 bits per heavy atom. The molecule has 342 valence electrons. The average molecular weight is 883 g/mol. The molecule has 9 rings (SSSR count). The highest BCUT2D eigenvalue weighted by Gasteiger charge is 2.56. The number of rotatable bonds is 11. The molecule has 4 unspecified atom stereocenters. The van der Waals surface area contributed by atoms with Crippen LogP contribution >= 0.6 is 0 Å². The first-order chi connectivity index (χ1) is 31.6. The van der Waals surface area contributed by atoms with Crippen molar-refractivity contribution in [2.24, 2.45) is 11.8 Å². The summed E-state index contributed by atoms with van der Waals surface area (Å²) in [5, 5.41) is 21.6. The molecule has 4 atom stereocenters. The summed E-state index contributed by atoms with van der Waals surface area (Å²) in [6, 6.07) is 30.9. The second kappa shape index (κ2) is 20.7. The molecule has 1 aromatic heterocycles. The molecule has 0 saturated heterocycles. The van der Waals surface area contributed by atoms with E-state index < -0.39 is 42.0 Å². The molecule has 2 N–H and O–H groups in total. The Hall–Kier alpha value is -5.55. The van der Waals surface area contributed by atoms with E-state index in [2.05, 4.69) is 72.8 Å². The van der Waals surface area contributed by atoms with Crippen LogP contribution in [0, 0.1) is 11.8 Å². The van der Waals surface area contributed by atoms with Gasteiger partial charge in [0.2, 0.25) is 0 Å². The summed E-state index contributed by atoms with van der Waals surface area (Å²) in [6.07, 6.45) is 6.27. The van der Waals surface area contributed by atoms with Crippen LogP contribution < -0.4 is 10.4 Å². The smallest absolute Gasteiger partial charge is 0.339 e. The lowest BCUT2D eigenvalue weighted by Gasteiger charge is -2.50. The predicted molar refractivity (Wildman–Crippen MR) is 249 cm³/mol. The van der Waals surface area contributed by atoms with Crippen LogP contribution in [-0.2, 0) is 62.5 Å². The number of carbonyl (C=O) groups excluding carboxylic acids is 2. The van der Waals surface area contributed by atoms with Crippen molar-refractivity contribution >= 4 is 22.9 Å². The predicted octanol–water partition coefficient (Wildman–Crippen LogP) is 9.43. The Morgan fingerprint density at radius 3 is 2.26 bits per heavy atom. The monoisotopic (exact) mass is 882 g/mol. The van der Waals surface area contributed by atoms with Crippen LogP contribution in [0.5, 0.6) is 5.75 Å². The number of aliphatic hydroxyl groups excluding tert-OH is 2. The van der Waals surface area contributed by atoms with Crippen molar-refractivity contribution in [1.82, 2.24) is 0 Å². The molecule has 4 aliphatic rings. The van der Waals surface area contributed by atoms with Gasteiger partial charge in [0.1, 0.15) is 16.9 Å². The van der Waals surface area contributed by atoms with E-state index in [1.807, 2.05) is 13.0 Å². The number of benzene rings is 4. The minimum Gasteiger partial charge on any atom is -0.483 e. The van der Waals surface area contributed by atoms with Crippen LogP contribution in [-0.4, -0.2) is 54.2 Å². The summed E-state index contributed by atoms with van der Waals surface area (Å²) in [7, 11) is 1.54. The van der Waals surface area contributed by atoms with E-state index in [0.29, 0.717) is 59.1 Å². The number of hydrogen-bond donors (Lipinski definition) is 2. The fourth-order valence-electron chi connectivity index (χ4n) is 10.4. The largest absolute Gasteiger partial charge is 0.483 e. The van der Waals surface area contributed by atoms with Crippen LogP contribution in [0.4, 0.5) is 0 Å². The van der Waals surface area contributed by atoms with Crippen molar-refractivity contribution in [2.75, 3.05) is 20.3 Å². The molecule has 3 aliphatic heterocycles. The van der Waals surface area contributed by atoms with E-state index in [1.165, 1.54) is 23.8 Å². The molecule has 4 heterocycles. The van der Waals surface area contributed by atoms with Crippen LogP contribution in [0.3, 0.4) is 0 Å². The standard InChI is InChI=1S/C55H62O10/c1-35(33-56)43-24-23-36-17-19-39(20-18-36)31-41(22-21-38-13-10-14-40(30-38)29-37-11-6-4-7-12-37)32-48(58)62-51-49-47(65-55(2,52(51)64-53(43)59)42-15-8-5-9-16-42)26-25-44-46(34-57)45(27-28-61-3)54(60)63-50(44)49/h4,6-7,10-14,17-20,25-26,30,41-42,51-52,56-57H,5,8-9,15-16,21-24,27-29,31-34H2,1-3H3. The molecule has 4 aromatic carbocycles. The van der Waals surface area contributed by atoms with E-state index in [0.717, 1.165) is 56.1 Å². The van der Waals surface area contributed by atoms with Crippen LogP contribution in [0.2, 0.25) is 0 Å². The lowest BCUT2D eigenvalue weighted by Crippen LogP contribution is -2.58. The molecule has 10 heteroatoms. The van der Waals surface area contributed by atoms with E-state index >= 15 is 0 Å². The van der Waals surface area contributed by atoms with Gasteiger partial charge in [0, 0.05) is 42.4 Å². The second-order valence-electron chi connectivity index (χ2n) is 18.5. The lowest BCUT2D eigenvalue weighted by atomic mass is 9.71. The third kappa shape index (κ3) is 10.3. The Bertz CT molecular complexity index is 2550. The lowest BCUT2D eigenvalue weighted by molar-refractivity contribution is -0.201. The first-order valence-electron chi connectivity index (χ1n) is 23.4. The van der Waals surface area contributed by atoms with Gasteiger partial charge in [-0.3, -0.25) is 4.79 Å². The minimum atomic E-state index is -1.25. The molecule has 10 nitrogen and oxygen atoms in total. The third-order valence-electron chi connectivity index (χ3n) is 14.1. The highest BCUT2D eigenvalue weighted by Crippen LogP contribution is 2.52. The zero-order valence-corrected chi connectivity index (χ0v) is 37.9. The van der Waals surface area contributed by atoms with Gasteiger partial charge < -0.3 is 33.6 Å². The highest BCUT2D eigenvalue weighted by atomic mass is 16.6. The highest BCUT2D eigenvalue weighted by molar-refractivity contribution is 5.90. The SMILES string of the molecule is COCCc1c(CO)c2ccc3c(c2oc1=O)C1OC(=O)CC(CCc2cccc(Cc4ccccc4)c2)Cc2ccc(cc2)CCC(=C(C)CO)C(=O)OC1C(C)(C1CCCCC1)O3. The van der Waals surface area contributed by atoms with Crippen LogP contribution in [0.15, 0.2) is 111 Å². The van der Waals surface area contributed by atoms with Gasteiger partial charge in [0.15, 0.2) is 12.2 Å². The molecule has 1 fully saturated rings. The Balaban J connectivity index is 1.23. The summed E-state index contributed by atoms with van der Waals surface area (Å²) in [6.45, 7) is 3.12. The van der Waals surface area contributed by atoms with Gasteiger partial charge in [-0.05, 0) is 122 Å². The van der Waals surface area contributed by atoms with Crippen LogP contribution in [0.25, 0.3) is 11.0 Å². The molecule has 5 aromatic rings. The van der Waals surface area contributed by atoms with E-state index in [1.54, 1.807) is 19.1 Å². The second-order valence-corrected chi connectivity index (χ2v) is 18.5. The Kier molecular flexibility index (Phi) is 14.7. The third-order valence-corrected chi connectivity index (χ3v) is 14.1. The fraction of sp³-hybridized carbons (Fsp3) is 0.436. The molecule has 65 heavy (non-hydrogen) atoms. The molecule has 0 amide bonds. The number of methoxy groups -OCH3 is 1. The van der Waals surface area contributed by atoms with Crippen molar-refractivity contribution in [3.05, 3.63) is 157 Å². The molecular weight excluding hydrogens is 821 g/mol. The normalized spacial score (nSPS) is 22.7. The first kappa shape index (κ1) is 46.0. The molecular formula is C55H62O10. The van der Waals surface area contributed by atoms with Gasteiger partial charge in [-0.2, -0.15) is 0 Å². The molecule has 1 saturated carbocycles. The molecule has 0 radical (unpaired) electrons. The zero-order chi connectivity index (χ0) is 45.5. The number of carbonyl (C=O) groups is 2. The van der Waals surface area contributed by atoms with Crippen LogP contribution in [0.1, 0.15) is 116 Å². The summed E-state index contributed by atoms with van der Waals surface area (Å²) >= 11 is 0. The molecule has 0 spiro atoms. The fourth-order valence-corrected chi connectivity index (χ4v) is 10.4. The Morgan fingerprint density at radius 1 is 0.785 bits per heavy atom. The Labute approximate surface area is 381 Å². The van der Waals surface area contributed by atoms with Crippen molar-refractivity contribution in [1.29, 1.82) is 0 Å². The number of fused-ring (bicyclic) bond motifs is 13. The maximum Gasteiger partial charge on any atom is 0.339 e. The number of aryl methyl sites for hydroxylation is 2. The van der Waals surface area contributed by atoms with Gasteiger partial charge in [-0.25, -0.2) is 9.59 Å². The van der Waals surface area contributed by atoms with E-state index in [4.69, 9.17) is 23.4 Å². The summed E-state index contributed by atoms with van der Waals surface area (Å²) in [4.78, 5) is 43.4. The van der Waals surface area contributed by atoms with Gasteiger partial charge in [-0.1, -0.05) is 98.1 Å². The maximum absolute atomic E-state index is 14.9. The average Bonchev–Trinajstić information content (AvgIpc) is 3.31. The number of ether oxygens (including phenoxy) is 4. The number of hydrogen-bond acceptors (Lipinski definition) is 10. The van der Waals surface area contributed by atoms with Crippen molar-refractivity contribution in [3.8, 4) is 5.75 Å². The van der Waals surface area contributed by atoms with E-state index in [-0.39, 0.29) is 49.0 Å². The van der Waals surface area contributed by atoms with Crippen molar-refractivity contribution in [2.45, 2.75) is 122 Å². The maximum atomic E-state index is 14.9. The van der Waals surface area contributed by atoms with Gasteiger partial charge in [-0.15, -0.1) is 0 Å². The zero-order valence-electron chi connectivity index (χ0n) is 37.9. The van der Waals surface area contributed by atoms with Crippen molar-refractivity contribution < 1.29 is 43.2 Å². The van der Waals surface area contributed by atoms with Gasteiger partial charge in [0.25, 0.3) is 0 Å². The quantitative estimate of drug-likeness (QED) is 0.0749. The first-order valence-corrected chi connectivity index (χ1v) is 23.4. The number of esters is 2. The summed E-state index contributed by atoms with van der Waals surface area (Å²) < 4.78 is 31.9. The molecule has 2 bridgehead atoms. The van der Waals surface area contributed by atoms with Crippen molar-refractivity contribution in [3.63, 3.8) is 0 Å². The topological polar surface area (TPSA) is 142 Å². The minimum absolute atomic E-state index is 0.0733. The van der Waals surface area contributed by atoms with E-state index in [9.17, 15) is 24.6 Å².